The Morgan fingerprint density at radius 2 is 2.24 bits per heavy atom. The van der Waals surface area contributed by atoms with Crippen molar-refractivity contribution in [2.45, 2.75) is 32.6 Å². The average Bonchev–Trinajstić information content (AvgIpc) is 2.69. The lowest BCUT2D eigenvalue weighted by Crippen LogP contribution is -2.38. The van der Waals surface area contributed by atoms with E-state index < -0.39 is 15.3 Å². The van der Waals surface area contributed by atoms with Gasteiger partial charge in [0, 0.05) is 6.54 Å². The highest BCUT2D eigenvalue weighted by molar-refractivity contribution is 7.90. The lowest BCUT2D eigenvalue weighted by atomic mass is 10.5. The SMILES string of the molecule is CCNCC(C)S(=O)(=O)NCc1ncc(C)o1. The number of rotatable bonds is 7. The van der Waals surface area contributed by atoms with E-state index >= 15 is 0 Å². The van der Waals surface area contributed by atoms with Gasteiger partial charge in [-0.15, -0.1) is 0 Å². The first-order chi connectivity index (χ1) is 7.95. The Morgan fingerprint density at radius 3 is 2.76 bits per heavy atom. The molecule has 2 N–H and O–H groups in total. The van der Waals surface area contributed by atoms with Crippen LogP contribution in [0.3, 0.4) is 0 Å². The number of aryl methyl sites for hydroxylation is 1. The average molecular weight is 261 g/mol. The summed E-state index contributed by atoms with van der Waals surface area (Å²) < 4.78 is 31.3. The molecule has 0 aliphatic carbocycles. The molecule has 0 fully saturated rings. The minimum absolute atomic E-state index is 0.0899. The number of aromatic nitrogens is 1. The van der Waals surface area contributed by atoms with Crippen molar-refractivity contribution in [3.05, 3.63) is 17.8 Å². The Hall–Kier alpha value is -0.920. The van der Waals surface area contributed by atoms with Crippen LogP contribution in [0.1, 0.15) is 25.5 Å². The normalized spacial score (nSPS) is 13.8. The van der Waals surface area contributed by atoms with E-state index in [4.69, 9.17) is 4.42 Å². The molecule has 1 heterocycles. The maximum absolute atomic E-state index is 11.8. The number of oxazole rings is 1. The van der Waals surface area contributed by atoms with Crippen LogP contribution in [0.25, 0.3) is 0 Å². The number of hydrogen-bond acceptors (Lipinski definition) is 5. The van der Waals surface area contributed by atoms with Gasteiger partial charge < -0.3 is 9.73 Å². The van der Waals surface area contributed by atoms with E-state index in [-0.39, 0.29) is 6.54 Å². The predicted molar refractivity (Wildman–Crippen MR) is 65.0 cm³/mol. The van der Waals surface area contributed by atoms with Gasteiger partial charge in [0.25, 0.3) is 0 Å². The summed E-state index contributed by atoms with van der Waals surface area (Å²) in [6.45, 7) is 6.62. The minimum Gasteiger partial charge on any atom is -0.445 e. The molecule has 98 valence electrons. The van der Waals surface area contributed by atoms with E-state index in [0.29, 0.717) is 18.2 Å². The minimum atomic E-state index is -3.33. The van der Waals surface area contributed by atoms with Gasteiger partial charge in [-0.1, -0.05) is 6.92 Å². The maximum atomic E-state index is 11.8. The molecule has 0 aliphatic heterocycles. The summed E-state index contributed by atoms with van der Waals surface area (Å²) in [7, 11) is -3.33. The zero-order chi connectivity index (χ0) is 12.9. The molecule has 1 atom stereocenters. The van der Waals surface area contributed by atoms with Gasteiger partial charge in [-0.05, 0) is 20.4 Å². The Kier molecular flexibility index (Phi) is 5.10. The van der Waals surface area contributed by atoms with Gasteiger partial charge in [-0.3, -0.25) is 0 Å². The molecule has 0 aromatic carbocycles. The largest absolute Gasteiger partial charge is 0.445 e. The fraction of sp³-hybridized carbons (Fsp3) is 0.700. The lowest BCUT2D eigenvalue weighted by molar-refractivity contribution is 0.462. The molecule has 0 bridgehead atoms. The van der Waals surface area contributed by atoms with Crippen molar-refractivity contribution < 1.29 is 12.8 Å². The molecule has 0 saturated heterocycles. The van der Waals surface area contributed by atoms with Gasteiger partial charge in [0.15, 0.2) is 0 Å². The molecular formula is C10H19N3O3S. The summed E-state index contributed by atoms with van der Waals surface area (Å²) in [5, 5.41) is 2.51. The molecule has 1 aromatic heterocycles. The van der Waals surface area contributed by atoms with E-state index in [1.54, 1.807) is 20.0 Å². The Morgan fingerprint density at radius 1 is 1.53 bits per heavy atom. The van der Waals surface area contributed by atoms with E-state index in [9.17, 15) is 8.42 Å². The maximum Gasteiger partial charge on any atom is 0.215 e. The van der Waals surface area contributed by atoms with Crippen molar-refractivity contribution in [3.8, 4) is 0 Å². The smallest absolute Gasteiger partial charge is 0.215 e. The molecule has 1 rings (SSSR count). The summed E-state index contributed by atoms with van der Waals surface area (Å²) in [4.78, 5) is 3.93. The molecule has 1 aromatic rings. The van der Waals surface area contributed by atoms with Gasteiger partial charge in [0.05, 0.1) is 18.0 Å². The standard InChI is InChI=1S/C10H19N3O3S/c1-4-11-6-9(3)17(14,15)13-7-10-12-5-8(2)16-10/h5,9,11,13H,4,6-7H2,1-3H3. The van der Waals surface area contributed by atoms with Gasteiger partial charge in [0.1, 0.15) is 5.76 Å². The van der Waals surface area contributed by atoms with Crippen LogP contribution >= 0.6 is 0 Å². The van der Waals surface area contributed by atoms with Crippen LogP contribution in [-0.2, 0) is 16.6 Å². The van der Waals surface area contributed by atoms with Crippen LogP contribution in [0.2, 0.25) is 0 Å². The van der Waals surface area contributed by atoms with Crippen LogP contribution in [0.15, 0.2) is 10.6 Å². The molecule has 17 heavy (non-hydrogen) atoms. The molecule has 6 nitrogen and oxygen atoms in total. The van der Waals surface area contributed by atoms with E-state index in [1.165, 1.54) is 0 Å². The zero-order valence-electron chi connectivity index (χ0n) is 10.4. The second kappa shape index (κ2) is 6.13. The summed E-state index contributed by atoms with van der Waals surface area (Å²) >= 11 is 0. The third kappa shape index (κ3) is 4.45. The number of nitrogens with one attached hydrogen (secondary N) is 2. The first-order valence-corrected chi connectivity index (χ1v) is 7.11. The van der Waals surface area contributed by atoms with Crippen molar-refractivity contribution in [1.82, 2.24) is 15.0 Å². The predicted octanol–water partition coefficient (Wildman–Crippen LogP) is 0.400. The zero-order valence-corrected chi connectivity index (χ0v) is 11.2. The number of sulfonamides is 1. The van der Waals surface area contributed by atoms with Crippen LogP contribution in [-0.4, -0.2) is 31.7 Å². The second-order valence-electron chi connectivity index (χ2n) is 3.85. The molecule has 0 aliphatic rings. The third-order valence-corrected chi connectivity index (χ3v) is 4.08. The van der Waals surface area contributed by atoms with Crippen molar-refractivity contribution in [1.29, 1.82) is 0 Å². The van der Waals surface area contributed by atoms with Crippen LogP contribution in [0.5, 0.6) is 0 Å². The summed E-state index contributed by atoms with van der Waals surface area (Å²) in [6, 6.07) is 0. The van der Waals surface area contributed by atoms with Crippen molar-refractivity contribution >= 4 is 10.0 Å². The van der Waals surface area contributed by atoms with Crippen molar-refractivity contribution in [3.63, 3.8) is 0 Å². The van der Waals surface area contributed by atoms with Crippen LogP contribution in [0, 0.1) is 6.92 Å². The van der Waals surface area contributed by atoms with Crippen molar-refractivity contribution in [2.75, 3.05) is 13.1 Å². The highest BCUT2D eigenvalue weighted by Crippen LogP contribution is 2.03. The van der Waals surface area contributed by atoms with Gasteiger partial charge >= 0.3 is 0 Å². The van der Waals surface area contributed by atoms with E-state index in [0.717, 1.165) is 6.54 Å². The Labute approximate surface area is 102 Å². The quantitative estimate of drug-likeness (QED) is 0.742. The molecule has 0 radical (unpaired) electrons. The molecule has 0 amide bonds. The Balaban J connectivity index is 2.49. The molecule has 1 unspecified atom stereocenters. The first-order valence-electron chi connectivity index (χ1n) is 5.56. The molecule has 0 spiro atoms. The van der Waals surface area contributed by atoms with Crippen molar-refractivity contribution in [2.24, 2.45) is 0 Å². The Bertz CT molecular complexity index is 441. The lowest BCUT2D eigenvalue weighted by Gasteiger charge is -2.13. The summed E-state index contributed by atoms with van der Waals surface area (Å²) in [5.41, 5.74) is 0. The topological polar surface area (TPSA) is 84.2 Å². The highest BCUT2D eigenvalue weighted by atomic mass is 32.2. The first kappa shape index (κ1) is 14.1. The number of nitrogens with zero attached hydrogens (tertiary/aromatic N) is 1. The second-order valence-corrected chi connectivity index (χ2v) is 6.03. The number of hydrogen-bond donors (Lipinski definition) is 2. The summed E-state index contributed by atoms with van der Waals surface area (Å²) in [6.07, 6.45) is 1.56. The van der Waals surface area contributed by atoms with Gasteiger partial charge in [-0.2, -0.15) is 0 Å². The van der Waals surface area contributed by atoms with Gasteiger partial charge in [0.2, 0.25) is 15.9 Å². The summed E-state index contributed by atoms with van der Waals surface area (Å²) in [5.74, 6) is 1.04. The van der Waals surface area contributed by atoms with Gasteiger partial charge in [-0.25, -0.2) is 18.1 Å². The van der Waals surface area contributed by atoms with Crippen LogP contribution < -0.4 is 10.0 Å². The molecule has 0 saturated carbocycles. The molecule has 7 heteroatoms. The fourth-order valence-corrected chi connectivity index (χ4v) is 2.19. The van der Waals surface area contributed by atoms with Crippen LogP contribution in [0.4, 0.5) is 0 Å². The molecular weight excluding hydrogens is 242 g/mol. The van der Waals surface area contributed by atoms with E-state index in [2.05, 4.69) is 15.0 Å². The third-order valence-electron chi connectivity index (χ3n) is 2.31. The fourth-order valence-electron chi connectivity index (χ4n) is 1.25. The van der Waals surface area contributed by atoms with E-state index in [1.807, 2.05) is 6.92 Å². The highest BCUT2D eigenvalue weighted by Gasteiger charge is 2.20. The monoisotopic (exact) mass is 261 g/mol.